The van der Waals surface area contributed by atoms with Gasteiger partial charge in [-0.2, -0.15) is 5.10 Å². The third kappa shape index (κ3) is 5.50. The van der Waals surface area contributed by atoms with Crippen molar-refractivity contribution in [3.05, 3.63) is 93.5 Å². The summed E-state index contributed by atoms with van der Waals surface area (Å²) in [6, 6.07) is 19.4. The Labute approximate surface area is 178 Å². The van der Waals surface area contributed by atoms with E-state index in [0.29, 0.717) is 32.7 Å². The van der Waals surface area contributed by atoms with Gasteiger partial charge in [0.25, 0.3) is 5.91 Å². The molecule has 0 radical (unpaired) electrons. The minimum absolute atomic E-state index is 0.204. The number of halogens is 2. The van der Waals surface area contributed by atoms with E-state index in [9.17, 15) is 4.79 Å². The number of nitrogens with one attached hydrogen (secondary N) is 1. The lowest BCUT2D eigenvalue weighted by atomic mass is 10.2. The molecule has 1 amide bonds. The Morgan fingerprint density at radius 1 is 1.00 bits per heavy atom. The van der Waals surface area contributed by atoms with Crippen LogP contribution in [-0.4, -0.2) is 19.2 Å². The number of hydrogen-bond acceptors (Lipinski definition) is 4. The Hall–Kier alpha value is -3.02. The molecule has 7 heteroatoms. The number of benzene rings is 3. The second-order valence-corrected chi connectivity index (χ2v) is 6.78. The molecule has 3 rings (SSSR count). The van der Waals surface area contributed by atoms with Crippen LogP contribution in [0.2, 0.25) is 10.0 Å². The van der Waals surface area contributed by atoms with Gasteiger partial charge < -0.3 is 9.47 Å². The molecule has 0 aliphatic carbocycles. The Morgan fingerprint density at radius 2 is 1.72 bits per heavy atom. The van der Waals surface area contributed by atoms with Crippen LogP contribution < -0.4 is 14.9 Å². The molecule has 148 valence electrons. The van der Waals surface area contributed by atoms with E-state index in [2.05, 4.69) is 10.5 Å². The third-order valence-corrected chi connectivity index (χ3v) is 4.75. The summed E-state index contributed by atoms with van der Waals surface area (Å²) in [5, 5.41) is 5.06. The smallest absolute Gasteiger partial charge is 0.271 e. The standard InChI is InChI=1S/C22H18Cl2N2O3/c1-28-21-12-15(13-25-26-22(27)16-6-3-2-4-7-16)10-11-20(21)29-14-17-18(23)8-5-9-19(17)24/h2-13H,14H2,1H3,(H,26,27)/b25-13-. The Kier molecular flexibility index (Phi) is 7.11. The first kappa shape index (κ1) is 20.7. The van der Waals surface area contributed by atoms with Crippen molar-refractivity contribution in [2.24, 2.45) is 5.10 Å². The number of rotatable bonds is 7. The number of hydrogen-bond donors (Lipinski definition) is 1. The van der Waals surface area contributed by atoms with E-state index < -0.39 is 0 Å². The minimum atomic E-state index is -0.287. The average molecular weight is 429 g/mol. The van der Waals surface area contributed by atoms with Crippen molar-refractivity contribution in [3.63, 3.8) is 0 Å². The van der Waals surface area contributed by atoms with Gasteiger partial charge in [-0.1, -0.05) is 47.5 Å². The molecule has 0 atom stereocenters. The van der Waals surface area contributed by atoms with Crippen LogP contribution in [0.25, 0.3) is 0 Å². The first-order chi connectivity index (χ1) is 14.1. The summed E-state index contributed by atoms with van der Waals surface area (Å²) < 4.78 is 11.2. The SMILES string of the molecule is COc1cc(/C=N\NC(=O)c2ccccc2)ccc1OCc1c(Cl)cccc1Cl. The molecule has 5 nitrogen and oxygen atoms in total. The maximum Gasteiger partial charge on any atom is 0.271 e. The summed E-state index contributed by atoms with van der Waals surface area (Å²) >= 11 is 12.3. The van der Waals surface area contributed by atoms with E-state index >= 15 is 0 Å². The molecule has 29 heavy (non-hydrogen) atoms. The fourth-order valence-electron chi connectivity index (χ4n) is 2.52. The van der Waals surface area contributed by atoms with Gasteiger partial charge in [0.1, 0.15) is 6.61 Å². The number of methoxy groups -OCH3 is 1. The molecular formula is C22H18Cl2N2O3. The normalized spacial score (nSPS) is 10.7. The fourth-order valence-corrected chi connectivity index (χ4v) is 3.03. The molecule has 0 bridgehead atoms. The van der Waals surface area contributed by atoms with E-state index in [1.54, 1.807) is 67.8 Å². The molecular weight excluding hydrogens is 411 g/mol. The van der Waals surface area contributed by atoms with Crippen molar-refractivity contribution in [1.82, 2.24) is 5.43 Å². The maximum atomic E-state index is 12.0. The molecule has 0 aliphatic heterocycles. The zero-order valence-corrected chi connectivity index (χ0v) is 17.1. The van der Waals surface area contributed by atoms with Crippen LogP contribution in [-0.2, 0) is 6.61 Å². The van der Waals surface area contributed by atoms with Gasteiger partial charge in [-0.3, -0.25) is 4.79 Å². The molecule has 0 saturated carbocycles. The lowest BCUT2D eigenvalue weighted by Crippen LogP contribution is -2.17. The molecule has 3 aromatic rings. The van der Waals surface area contributed by atoms with E-state index in [0.717, 1.165) is 5.56 Å². The third-order valence-electron chi connectivity index (χ3n) is 4.04. The van der Waals surface area contributed by atoms with Gasteiger partial charge >= 0.3 is 0 Å². The van der Waals surface area contributed by atoms with E-state index in [1.165, 1.54) is 6.21 Å². The summed E-state index contributed by atoms with van der Waals surface area (Å²) in [5.74, 6) is 0.769. The Balaban J connectivity index is 1.66. The van der Waals surface area contributed by atoms with E-state index in [4.69, 9.17) is 32.7 Å². The molecule has 0 spiro atoms. The predicted molar refractivity (Wildman–Crippen MR) is 115 cm³/mol. The lowest BCUT2D eigenvalue weighted by molar-refractivity contribution is 0.0955. The summed E-state index contributed by atoms with van der Waals surface area (Å²) in [4.78, 5) is 12.0. The van der Waals surface area contributed by atoms with Crippen LogP contribution in [0.1, 0.15) is 21.5 Å². The largest absolute Gasteiger partial charge is 0.493 e. The van der Waals surface area contributed by atoms with Gasteiger partial charge in [0, 0.05) is 21.2 Å². The Morgan fingerprint density at radius 3 is 2.41 bits per heavy atom. The number of carbonyl (C=O) groups excluding carboxylic acids is 1. The first-order valence-electron chi connectivity index (χ1n) is 8.70. The van der Waals surface area contributed by atoms with Gasteiger partial charge in [0.15, 0.2) is 11.5 Å². The Bertz CT molecular complexity index is 1000. The van der Waals surface area contributed by atoms with Crippen molar-refractivity contribution in [2.45, 2.75) is 6.61 Å². The fraction of sp³-hybridized carbons (Fsp3) is 0.0909. The summed E-state index contributed by atoms with van der Waals surface area (Å²) in [6.07, 6.45) is 1.53. The summed E-state index contributed by atoms with van der Waals surface area (Å²) in [6.45, 7) is 0.204. The van der Waals surface area contributed by atoms with Crippen molar-refractivity contribution in [2.75, 3.05) is 7.11 Å². The minimum Gasteiger partial charge on any atom is -0.493 e. The van der Waals surface area contributed by atoms with Crippen LogP contribution in [0.5, 0.6) is 11.5 Å². The van der Waals surface area contributed by atoms with E-state index in [-0.39, 0.29) is 12.5 Å². The highest BCUT2D eigenvalue weighted by atomic mass is 35.5. The maximum absolute atomic E-state index is 12.0. The molecule has 0 aromatic heterocycles. The molecule has 0 fully saturated rings. The van der Waals surface area contributed by atoms with Crippen molar-refractivity contribution < 1.29 is 14.3 Å². The van der Waals surface area contributed by atoms with E-state index in [1.807, 2.05) is 6.07 Å². The van der Waals surface area contributed by atoms with Gasteiger partial charge in [0.05, 0.1) is 13.3 Å². The number of amides is 1. The highest BCUT2D eigenvalue weighted by molar-refractivity contribution is 6.35. The highest BCUT2D eigenvalue weighted by Crippen LogP contribution is 2.31. The van der Waals surface area contributed by atoms with Gasteiger partial charge in [-0.25, -0.2) is 5.43 Å². The predicted octanol–water partition coefficient (Wildman–Crippen LogP) is 5.34. The van der Waals surface area contributed by atoms with Crippen LogP contribution in [0, 0.1) is 0 Å². The summed E-state index contributed by atoms with van der Waals surface area (Å²) in [5.41, 5.74) is 4.46. The second kappa shape index (κ2) is 9.96. The monoisotopic (exact) mass is 428 g/mol. The number of carbonyl (C=O) groups is 1. The quantitative estimate of drug-likeness (QED) is 0.407. The number of ether oxygens (including phenoxy) is 2. The highest BCUT2D eigenvalue weighted by Gasteiger charge is 2.10. The second-order valence-electron chi connectivity index (χ2n) is 5.96. The molecule has 0 unspecified atom stereocenters. The van der Waals surface area contributed by atoms with Crippen molar-refractivity contribution in [3.8, 4) is 11.5 Å². The van der Waals surface area contributed by atoms with Crippen LogP contribution in [0.15, 0.2) is 71.8 Å². The van der Waals surface area contributed by atoms with Crippen LogP contribution in [0.3, 0.4) is 0 Å². The topological polar surface area (TPSA) is 59.9 Å². The lowest BCUT2D eigenvalue weighted by Gasteiger charge is -2.13. The molecule has 0 aliphatic rings. The zero-order valence-electron chi connectivity index (χ0n) is 15.6. The molecule has 0 heterocycles. The summed E-state index contributed by atoms with van der Waals surface area (Å²) in [7, 11) is 1.54. The molecule has 1 N–H and O–H groups in total. The molecule has 3 aromatic carbocycles. The van der Waals surface area contributed by atoms with Crippen LogP contribution in [0.4, 0.5) is 0 Å². The van der Waals surface area contributed by atoms with Crippen molar-refractivity contribution >= 4 is 35.3 Å². The molecule has 0 saturated heterocycles. The van der Waals surface area contributed by atoms with Gasteiger partial charge in [-0.05, 0) is 48.0 Å². The van der Waals surface area contributed by atoms with Gasteiger partial charge in [0.2, 0.25) is 0 Å². The first-order valence-corrected chi connectivity index (χ1v) is 9.46. The van der Waals surface area contributed by atoms with Crippen LogP contribution >= 0.6 is 23.2 Å². The number of nitrogens with zero attached hydrogens (tertiary/aromatic N) is 1. The van der Waals surface area contributed by atoms with Gasteiger partial charge in [-0.15, -0.1) is 0 Å². The number of hydrazone groups is 1. The zero-order chi connectivity index (χ0) is 20.6. The van der Waals surface area contributed by atoms with Crippen molar-refractivity contribution in [1.29, 1.82) is 0 Å². The average Bonchev–Trinajstić information content (AvgIpc) is 2.74.